The molecule has 1 amide bonds. The van der Waals surface area contributed by atoms with Crippen LogP contribution < -0.4 is 11.1 Å². The number of nitrogens with two attached hydrogens (primary N) is 1. The lowest BCUT2D eigenvalue weighted by Gasteiger charge is -2.17. The van der Waals surface area contributed by atoms with Crippen LogP contribution >= 0.6 is 24.2 Å². The zero-order chi connectivity index (χ0) is 17.4. The monoisotopic (exact) mass is 384 g/mol. The van der Waals surface area contributed by atoms with E-state index >= 15 is 0 Å². The van der Waals surface area contributed by atoms with Gasteiger partial charge in [0.2, 0.25) is 5.89 Å². The van der Waals surface area contributed by atoms with Gasteiger partial charge in [0.1, 0.15) is 0 Å². The van der Waals surface area contributed by atoms with Gasteiger partial charge < -0.3 is 15.6 Å². The molecule has 1 aromatic carbocycles. The van der Waals surface area contributed by atoms with E-state index in [0.29, 0.717) is 29.6 Å². The quantitative estimate of drug-likeness (QED) is 0.644. The van der Waals surface area contributed by atoms with Crippen molar-refractivity contribution in [3.63, 3.8) is 0 Å². The molecule has 1 aromatic heterocycles. The van der Waals surface area contributed by atoms with Gasteiger partial charge in [-0.25, -0.2) is 0 Å². The van der Waals surface area contributed by atoms with Crippen LogP contribution in [0.2, 0.25) is 0 Å². The Labute approximate surface area is 158 Å². The molecule has 0 bridgehead atoms. The number of amides is 1. The number of carbonyl (C=O) groups excluding carboxylic acids is 1. The topological polar surface area (TPSA) is 94.0 Å². The second-order valence-corrected chi connectivity index (χ2v) is 6.59. The third kappa shape index (κ3) is 6.68. The van der Waals surface area contributed by atoms with Crippen LogP contribution in [-0.2, 0) is 5.75 Å². The van der Waals surface area contributed by atoms with E-state index in [4.69, 9.17) is 10.3 Å². The summed E-state index contributed by atoms with van der Waals surface area (Å²) < 4.78 is 5.11. The van der Waals surface area contributed by atoms with Gasteiger partial charge in [-0.3, -0.25) is 4.79 Å². The van der Waals surface area contributed by atoms with Gasteiger partial charge in [-0.15, -0.1) is 24.2 Å². The highest BCUT2D eigenvalue weighted by molar-refractivity contribution is 7.98. The number of carbonyl (C=O) groups is 1. The van der Waals surface area contributed by atoms with E-state index in [1.807, 2.05) is 24.3 Å². The summed E-state index contributed by atoms with van der Waals surface area (Å²) >= 11 is 1.51. The number of aromatic nitrogens is 2. The van der Waals surface area contributed by atoms with Crippen molar-refractivity contribution >= 4 is 30.1 Å². The maximum atomic E-state index is 12.6. The fraction of sp³-hybridized carbons (Fsp3) is 0.471. The normalized spacial score (nSPS) is 11.6. The van der Waals surface area contributed by atoms with E-state index in [0.717, 1.165) is 24.2 Å². The van der Waals surface area contributed by atoms with Crippen molar-refractivity contribution in [2.75, 3.05) is 6.54 Å². The number of nitrogens with one attached hydrogen (secondary N) is 1. The van der Waals surface area contributed by atoms with Crippen LogP contribution in [-0.4, -0.2) is 28.6 Å². The summed E-state index contributed by atoms with van der Waals surface area (Å²) in [4.78, 5) is 17.6. The average molecular weight is 385 g/mol. The lowest BCUT2D eigenvalue weighted by atomic mass is 10.1. The standard InChI is InChI=1S/C17H24N4O2S.ClH/c1-3-4-7-13(10-18)20-17(22)14-8-5-6-9-15(14)24-11-16-19-12(2)21-23-16;/h5-6,8-9,13H,3-4,7,10-11,18H2,1-2H3,(H,20,22);1H. The third-order valence-electron chi connectivity index (χ3n) is 3.58. The van der Waals surface area contributed by atoms with Crippen LogP contribution in [0.25, 0.3) is 0 Å². The molecule has 0 aliphatic heterocycles. The fourth-order valence-corrected chi connectivity index (χ4v) is 3.17. The second kappa shape index (κ2) is 11.1. The first-order chi connectivity index (χ1) is 11.6. The Morgan fingerprint density at radius 2 is 2.16 bits per heavy atom. The number of hydrogen-bond donors (Lipinski definition) is 2. The molecule has 1 atom stereocenters. The highest BCUT2D eigenvalue weighted by Gasteiger charge is 2.16. The molecule has 2 rings (SSSR count). The lowest BCUT2D eigenvalue weighted by Crippen LogP contribution is -2.40. The Hall–Kier alpha value is -1.57. The zero-order valence-electron chi connectivity index (χ0n) is 14.5. The summed E-state index contributed by atoms with van der Waals surface area (Å²) in [6.45, 7) is 4.35. The maximum absolute atomic E-state index is 12.6. The maximum Gasteiger partial charge on any atom is 0.252 e. The Morgan fingerprint density at radius 1 is 1.40 bits per heavy atom. The smallest absolute Gasteiger partial charge is 0.252 e. The van der Waals surface area contributed by atoms with Crippen molar-refractivity contribution in [1.82, 2.24) is 15.5 Å². The minimum atomic E-state index is -0.0913. The summed E-state index contributed by atoms with van der Waals surface area (Å²) in [6.07, 6.45) is 3.03. The molecular formula is C17H25ClN4O2S. The summed E-state index contributed by atoms with van der Waals surface area (Å²) in [7, 11) is 0. The summed E-state index contributed by atoms with van der Waals surface area (Å²) in [6, 6.07) is 7.53. The largest absolute Gasteiger partial charge is 0.348 e. The van der Waals surface area contributed by atoms with E-state index in [9.17, 15) is 4.79 Å². The number of halogens is 1. The average Bonchev–Trinajstić information content (AvgIpc) is 3.02. The fourth-order valence-electron chi connectivity index (χ4n) is 2.28. The molecule has 6 nitrogen and oxygen atoms in total. The van der Waals surface area contributed by atoms with Crippen LogP contribution in [0.4, 0.5) is 0 Å². The predicted molar refractivity (Wildman–Crippen MR) is 102 cm³/mol. The minimum Gasteiger partial charge on any atom is -0.348 e. The summed E-state index contributed by atoms with van der Waals surface area (Å²) in [5.41, 5.74) is 6.41. The van der Waals surface area contributed by atoms with Crippen LogP contribution in [0.5, 0.6) is 0 Å². The first kappa shape index (κ1) is 21.5. The SMILES string of the molecule is CCCCC(CN)NC(=O)c1ccccc1SCc1nc(C)no1.Cl. The second-order valence-electron chi connectivity index (χ2n) is 5.57. The number of aryl methyl sites for hydroxylation is 1. The van der Waals surface area contributed by atoms with Gasteiger partial charge in [-0.1, -0.05) is 37.1 Å². The molecule has 0 aliphatic rings. The number of hydrogen-bond acceptors (Lipinski definition) is 6. The third-order valence-corrected chi connectivity index (χ3v) is 4.64. The molecule has 1 unspecified atom stereocenters. The van der Waals surface area contributed by atoms with Gasteiger partial charge in [0.05, 0.1) is 11.3 Å². The van der Waals surface area contributed by atoms with Crippen molar-refractivity contribution < 1.29 is 9.32 Å². The molecule has 0 spiro atoms. The molecule has 8 heteroatoms. The van der Waals surface area contributed by atoms with Crippen LogP contribution in [0, 0.1) is 6.92 Å². The summed E-state index contributed by atoms with van der Waals surface area (Å²) in [5.74, 6) is 1.60. The van der Waals surface area contributed by atoms with E-state index in [-0.39, 0.29) is 24.4 Å². The van der Waals surface area contributed by atoms with Crippen molar-refractivity contribution in [2.24, 2.45) is 5.73 Å². The first-order valence-corrected chi connectivity index (χ1v) is 9.14. The van der Waals surface area contributed by atoms with Crippen molar-refractivity contribution in [1.29, 1.82) is 0 Å². The number of thioether (sulfide) groups is 1. The Kier molecular flexibility index (Phi) is 9.55. The highest BCUT2D eigenvalue weighted by Crippen LogP contribution is 2.26. The molecule has 0 aliphatic carbocycles. The van der Waals surface area contributed by atoms with Crippen molar-refractivity contribution in [3.05, 3.63) is 41.5 Å². The van der Waals surface area contributed by atoms with Gasteiger partial charge in [0.25, 0.3) is 5.91 Å². The van der Waals surface area contributed by atoms with E-state index < -0.39 is 0 Å². The van der Waals surface area contributed by atoms with Crippen LogP contribution in [0.3, 0.4) is 0 Å². The molecule has 25 heavy (non-hydrogen) atoms. The van der Waals surface area contributed by atoms with E-state index in [1.165, 1.54) is 11.8 Å². The van der Waals surface area contributed by atoms with Crippen molar-refractivity contribution in [3.8, 4) is 0 Å². The lowest BCUT2D eigenvalue weighted by molar-refractivity contribution is 0.0933. The van der Waals surface area contributed by atoms with E-state index in [1.54, 1.807) is 6.92 Å². The molecule has 1 heterocycles. The molecule has 2 aromatic rings. The van der Waals surface area contributed by atoms with Gasteiger partial charge in [0, 0.05) is 17.5 Å². The number of nitrogens with zero attached hydrogens (tertiary/aromatic N) is 2. The van der Waals surface area contributed by atoms with Gasteiger partial charge in [-0.2, -0.15) is 4.98 Å². The highest BCUT2D eigenvalue weighted by atomic mass is 35.5. The Balaban J connectivity index is 0.00000312. The van der Waals surface area contributed by atoms with Crippen molar-refractivity contribution in [2.45, 2.75) is 49.8 Å². The molecule has 0 saturated heterocycles. The number of rotatable bonds is 9. The molecule has 0 saturated carbocycles. The van der Waals surface area contributed by atoms with Crippen LogP contribution in [0.15, 0.2) is 33.7 Å². The summed E-state index contributed by atoms with van der Waals surface area (Å²) in [5, 5.41) is 6.80. The Bertz CT molecular complexity index is 666. The van der Waals surface area contributed by atoms with Gasteiger partial charge >= 0.3 is 0 Å². The van der Waals surface area contributed by atoms with E-state index in [2.05, 4.69) is 22.4 Å². The molecule has 0 fully saturated rings. The van der Waals surface area contributed by atoms with Gasteiger partial charge in [0.15, 0.2) is 5.82 Å². The zero-order valence-corrected chi connectivity index (χ0v) is 16.2. The Morgan fingerprint density at radius 3 is 2.80 bits per heavy atom. The minimum absolute atomic E-state index is 0. The molecule has 0 radical (unpaired) electrons. The molecule has 3 N–H and O–H groups in total. The van der Waals surface area contributed by atoms with Gasteiger partial charge in [-0.05, 0) is 25.5 Å². The number of unbranched alkanes of at least 4 members (excludes halogenated alkanes) is 1. The first-order valence-electron chi connectivity index (χ1n) is 8.16. The predicted octanol–water partition coefficient (Wildman–Crippen LogP) is 3.34. The van der Waals surface area contributed by atoms with Crippen LogP contribution in [0.1, 0.15) is 48.3 Å². The molecular weight excluding hydrogens is 360 g/mol. The number of benzene rings is 1. The molecule has 138 valence electrons.